The van der Waals surface area contributed by atoms with Crippen LogP contribution >= 0.6 is 0 Å². The van der Waals surface area contributed by atoms with Crippen molar-refractivity contribution >= 4 is 11.9 Å². The number of pyridine rings is 1. The van der Waals surface area contributed by atoms with Crippen LogP contribution in [0.3, 0.4) is 0 Å². The van der Waals surface area contributed by atoms with Gasteiger partial charge in [-0.25, -0.2) is 0 Å². The first-order valence-electron chi connectivity index (χ1n) is 5.71. The summed E-state index contributed by atoms with van der Waals surface area (Å²) in [5.41, 5.74) is 1.05. The molecule has 1 aromatic carbocycles. The van der Waals surface area contributed by atoms with Crippen molar-refractivity contribution in [2.45, 2.75) is 0 Å². The number of benzene rings is 1. The molecular formula is C14H12N2O3. The van der Waals surface area contributed by atoms with Gasteiger partial charge in [-0.15, -0.1) is 0 Å². The van der Waals surface area contributed by atoms with Crippen molar-refractivity contribution in [3.63, 3.8) is 0 Å². The average Bonchev–Trinajstić information content (AvgIpc) is 2.45. The summed E-state index contributed by atoms with van der Waals surface area (Å²) in [6, 6.07) is 12.9. The molecule has 5 nitrogen and oxygen atoms in total. The number of hydrogen-bond donors (Lipinski definition) is 0. The van der Waals surface area contributed by atoms with Crippen LogP contribution < -0.4 is 4.74 Å². The normalized spacial score (nSPS) is 10.5. The molecule has 5 heteroatoms. The highest BCUT2D eigenvalue weighted by Crippen LogP contribution is 2.22. The number of ether oxygens (including phenoxy) is 1. The SMILES string of the molecule is O=[N+]([O-])c1ncccc1OC/C=C/c1ccccc1. The highest BCUT2D eigenvalue weighted by molar-refractivity contribution is 5.49. The van der Waals surface area contributed by atoms with Gasteiger partial charge in [-0.05, 0) is 33.7 Å². The standard InChI is InChI=1S/C14H12N2O3/c17-16(18)14-13(9-4-10-15-14)19-11-5-8-12-6-2-1-3-7-12/h1-10H,11H2/b8-5+. The third-order valence-corrected chi connectivity index (χ3v) is 2.37. The number of hydrogen-bond acceptors (Lipinski definition) is 4. The Bertz CT molecular complexity index is 582. The van der Waals surface area contributed by atoms with Crippen molar-refractivity contribution in [3.8, 4) is 5.75 Å². The van der Waals surface area contributed by atoms with E-state index in [1.54, 1.807) is 12.1 Å². The molecule has 0 N–H and O–H groups in total. The highest BCUT2D eigenvalue weighted by Gasteiger charge is 2.14. The van der Waals surface area contributed by atoms with Crippen molar-refractivity contribution < 1.29 is 9.66 Å². The van der Waals surface area contributed by atoms with Crippen molar-refractivity contribution in [2.75, 3.05) is 6.61 Å². The minimum Gasteiger partial charge on any atom is -0.481 e. The second-order valence-electron chi connectivity index (χ2n) is 3.71. The molecule has 0 aliphatic carbocycles. The van der Waals surface area contributed by atoms with Crippen LogP contribution in [0.2, 0.25) is 0 Å². The summed E-state index contributed by atoms with van der Waals surface area (Å²) in [5, 5.41) is 10.7. The summed E-state index contributed by atoms with van der Waals surface area (Å²) < 4.78 is 5.33. The van der Waals surface area contributed by atoms with Crippen LogP contribution in [0.1, 0.15) is 5.56 Å². The highest BCUT2D eigenvalue weighted by atomic mass is 16.6. The molecule has 0 atom stereocenters. The van der Waals surface area contributed by atoms with E-state index in [4.69, 9.17) is 4.74 Å². The smallest absolute Gasteiger partial charge is 0.406 e. The molecule has 0 fully saturated rings. The van der Waals surface area contributed by atoms with E-state index < -0.39 is 4.92 Å². The van der Waals surface area contributed by atoms with Crippen LogP contribution in [-0.2, 0) is 0 Å². The zero-order valence-electron chi connectivity index (χ0n) is 10.1. The van der Waals surface area contributed by atoms with Gasteiger partial charge in [0.2, 0.25) is 5.75 Å². The molecule has 96 valence electrons. The van der Waals surface area contributed by atoms with Crippen LogP contribution in [0.4, 0.5) is 5.82 Å². The zero-order valence-corrected chi connectivity index (χ0v) is 10.1. The fourth-order valence-electron chi connectivity index (χ4n) is 1.52. The van der Waals surface area contributed by atoms with E-state index in [0.717, 1.165) is 5.56 Å². The van der Waals surface area contributed by atoms with E-state index >= 15 is 0 Å². The van der Waals surface area contributed by atoms with Gasteiger partial charge in [0.05, 0.1) is 0 Å². The summed E-state index contributed by atoms with van der Waals surface area (Å²) >= 11 is 0. The van der Waals surface area contributed by atoms with Crippen molar-refractivity contribution in [1.29, 1.82) is 0 Å². The van der Waals surface area contributed by atoms with Crippen LogP contribution in [0.5, 0.6) is 5.75 Å². The first kappa shape index (κ1) is 12.8. The fraction of sp³-hybridized carbons (Fsp3) is 0.0714. The Morgan fingerprint density at radius 2 is 2.00 bits per heavy atom. The second-order valence-corrected chi connectivity index (χ2v) is 3.71. The van der Waals surface area contributed by atoms with E-state index in [1.165, 1.54) is 12.3 Å². The van der Waals surface area contributed by atoms with Gasteiger partial charge in [0, 0.05) is 0 Å². The zero-order chi connectivity index (χ0) is 13.5. The van der Waals surface area contributed by atoms with Gasteiger partial charge in [-0.2, -0.15) is 0 Å². The Morgan fingerprint density at radius 3 is 2.74 bits per heavy atom. The molecule has 2 rings (SSSR count). The van der Waals surface area contributed by atoms with Crippen molar-refractivity contribution in [1.82, 2.24) is 4.98 Å². The van der Waals surface area contributed by atoms with Gasteiger partial charge in [0.25, 0.3) is 0 Å². The summed E-state index contributed by atoms with van der Waals surface area (Å²) in [5.74, 6) is -0.0965. The maximum absolute atomic E-state index is 10.7. The molecular weight excluding hydrogens is 244 g/mol. The summed E-state index contributed by atoms with van der Waals surface area (Å²) in [6.07, 6.45) is 5.05. The van der Waals surface area contributed by atoms with E-state index in [2.05, 4.69) is 4.98 Å². The van der Waals surface area contributed by atoms with Crippen molar-refractivity contribution in [2.24, 2.45) is 0 Å². The second kappa shape index (κ2) is 6.30. The maximum Gasteiger partial charge on any atom is 0.406 e. The Hall–Kier alpha value is -2.69. The third kappa shape index (κ3) is 3.64. The van der Waals surface area contributed by atoms with Gasteiger partial charge < -0.3 is 14.9 Å². The Morgan fingerprint density at radius 1 is 1.21 bits per heavy atom. The quantitative estimate of drug-likeness (QED) is 0.609. The van der Waals surface area contributed by atoms with Crippen LogP contribution in [0.15, 0.2) is 54.7 Å². The molecule has 0 unspecified atom stereocenters. The van der Waals surface area contributed by atoms with E-state index in [-0.39, 0.29) is 18.2 Å². The Balaban J connectivity index is 1.96. The van der Waals surface area contributed by atoms with E-state index in [9.17, 15) is 10.1 Å². The lowest BCUT2D eigenvalue weighted by Crippen LogP contribution is -1.99. The molecule has 0 aliphatic rings. The molecule has 1 heterocycles. The molecule has 2 aromatic rings. The predicted octanol–water partition coefficient (Wildman–Crippen LogP) is 3.08. The Kier molecular flexibility index (Phi) is 4.23. The number of rotatable bonds is 5. The summed E-state index contributed by atoms with van der Waals surface area (Å²) in [4.78, 5) is 13.8. The Labute approximate surface area is 110 Å². The molecule has 0 spiro atoms. The van der Waals surface area contributed by atoms with Crippen molar-refractivity contribution in [3.05, 3.63) is 70.4 Å². The summed E-state index contributed by atoms with van der Waals surface area (Å²) in [7, 11) is 0. The average molecular weight is 256 g/mol. The van der Waals surface area contributed by atoms with Gasteiger partial charge in [0.1, 0.15) is 12.8 Å². The fourth-order valence-corrected chi connectivity index (χ4v) is 1.52. The lowest BCUT2D eigenvalue weighted by atomic mass is 10.2. The number of nitro groups is 1. The topological polar surface area (TPSA) is 65.3 Å². The molecule has 0 saturated carbocycles. The summed E-state index contributed by atoms with van der Waals surface area (Å²) in [6.45, 7) is 0.251. The first-order valence-corrected chi connectivity index (χ1v) is 5.71. The maximum atomic E-state index is 10.7. The molecule has 0 amide bonds. The van der Waals surface area contributed by atoms with Gasteiger partial charge >= 0.3 is 5.82 Å². The lowest BCUT2D eigenvalue weighted by molar-refractivity contribution is -0.390. The number of nitrogens with zero attached hydrogens (tertiary/aromatic N) is 2. The predicted molar refractivity (Wildman–Crippen MR) is 71.9 cm³/mol. The molecule has 0 radical (unpaired) electrons. The molecule has 0 saturated heterocycles. The molecule has 0 bridgehead atoms. The van der Waals surface area contributed by atoms with E-state index in [0.29, 0.717) is 0 Å². The van der Waals surface area contributed by atoms with Gasteiger partial charge in [0.15, 0.2) is 0 Å². The minimum absolute atomic E-state index is 0.171. The first-order chi connectivity index (χ1) is 9.27. The van der Waals surface area contributed by atoms with E-state index in [1.807, 2.05) is 36.4 Å². The monoisotopic (exact) mass is 256 g/mol. The molecule has 1 aromatic heterocycles. The lowest BCUT2D eigenvalue weighted by Gasteiger charge is -2.02. The third-order valence-electron chi connectivity index (χ3n) is 2.37. The van der Waals surface area contributed by atoms with Crippen LogP contribution in [0.25, 0.3) is 6.08 Å². The largest absolute Gasteiger partial charge is 0.481 e. The minimum atomic E-state index is -0.559. The molecule has 19 heavy (non-hydrogen) atoms. The van der Waals surface area contributed by atoms with Gasteiger partial charge in [-0.1, -0.05) is 36.4 Å². The molecule has 0 aliphatic heterocycles. The van der Waals surface area contributed by atoms with Crippen LogP contribution in [-0.4, -0.2) is 16.5 Å². The number of aromatic nitrogens is 1. The van der Waals surface area contributed by atoms with Crippen LogP contribution in [0, 0.1) is 10.1 Å². The van der Waals surface area contributed by atoms with Gasteiger partial charge in [-0.3, -0.25) is 0 Å².